The Morgan fingerprint density at radius 1 is 1.08 bits per heavy atom. The maximum absolute atomic E-state index is 15.1. The molecule has 1 spiro atoms. The number of anilines is 2. The summed E-state index contributed by atoms with van der Waals surface area (Å²) >= 11 is 0. The highest BCUT2D eigenvalue weighted by Gasteiger charge is 2.66. The standard InChI is InChI=1S/C38H52N4O8Si/c1-25-36(51(4,5)29-14-12-28(48-2)13-15-29)32(22-33(44)40-19-8-9-27(40)24-43)50-38(25)30-21-26(41-20-17-39-23-34(41)45)11-16-31(30)42(37(38)47)18-7-6-10-35(46)49-3/h11-16,21,25,27,32,36,39,43H,6-10,17-20,22-24H2,1-5H3/t25-,27-,32+,36-,38+/m0/s1. The van der Waals surface area contributed by atoms with E-state index in [2.05, 4.69) is 37.5 Å². The van der Waals surface area contributed by atoms with Crippen molar-refractivity contribution in [3.8, 4) is 5.75 Å². The number of rotatable bonds is 12. The summed E-state index contributed by atoms with van der Waals surface area (Å²) in [7, 11) is 0.501. The highest BCUT2D eigenvalue weighted by atomic mass is 28.3. The molecule has 2 aromatic carbocycles. The SMILES string of the molecule is COC(=O)CCCCN1C(=O)[C@]2(O[C@H](CC(=O)N3CCC[C@H]3CO)[C@@H]([Si](C)(C)c3ccc(OC)cc3)[C@@H]2C)c2cc(N3CCNCC3=O)ccc21. The van der Waals surface area contributed by atoms with Gasteiger partial charge in [-0.2, -0.15) is 0 Å². The van der Waals surface area contributed by atoms with Crippen LogP contribution in [0.4, 0.5) is 11.4 Å². The van der Waals surface area contributed by atoms with Crippen molar-refractivity contribution in [2.24, 2.45) is 5.92 Å². The van der Waals surface area contributed by atoms with Gasteiger partial charge in [0.2, 0.25) is 11.8 Å². The van der Waals surface area contributed by atoms with Crippen molar-refractivity contribution in [3.05, 3.63) is 48.0 Å². The number of nitrogens with zero attached hydrogens (tertiary/aromatic N) is 3. The number of aliphatic hydroxyl groups excluding tert-OH is 1. The van der Waals surface area contributed by atoms with E-state index in [0.29, 0.717) is 50.3 Å². The molecule has 0 unspecified atom stereocenters. The summed E-state index contributed by atoms with van der Waals surface area (Å²) in [6.07, 6.45) is 2.51. The number of unbranched alkanes of at least 4 members (excludes halogenated alkanes) is 1. The number of carbonyl (C=O) groups excluding carboxylic acids is 4. The van der Waals surface area contributed by atoms with E-state index in [1.54, 1.807) is 21.8 Å². The molecular weight excluding hydrogens is 669 g/mol. The molecule has 3 fully saturated rings. The number of esters is 1. The van der Waals surface area contributed by atoms with Gasteiger partial charge in [0.1, 0.15) is 5.75 Å². The van der Waals surface area contributed by atoms with Crippen LogP contribution in [0.5, 0.6) is 5.75 Å². The third-order valence-corrected chi connectivity index (χ3v) is 16.1. The predicted molar refractivity (Wildman–Crippen MR) is 196 cm³/mol. The molecule has 0 saturated carbocycles. The molecule has 0 aliphatic carbocycles. The fraction of sp³-hybridized carbons (Fsp3) is 0.579. The van der Waals surface area contributed by atoms with Crippen LogP contribution >= 0.6 is 0 Å². The first-order valence-corrected chi connectivity index (χ1v) is 21.3. The van der Waals surface area contributed by atoms with E-state index in [4.69, 9.17) is 14.2 Å². The maximum atomic E-state index is 15.1. The van der Waals surface area contributed by atoms with Crippen LogP contribution in [0.2, 0.25) is 18.6 Å². The van der Waals surface area contributed by atoms with E-state index in [9.17, 15) is 19.5 Å². The zero-order valence-electron chi connectivity index (χ0n) is 30.5. The molecule has 2 N–H and O–H groups in total. The van der Waals surface area contributed by atoms with E-state index >= 15 is 4.79 Å². The van der Waals surface area contributed by atoms with Crippen molar-refractivity contribution in [2.75, 3.05) is 63.4 Å². The van der Waals surface area contributed by atoms with Crippen molar-refractivity contribution in [1.29, 1.82) is 0 Å². The van der Waals surface area contributed by atoms with Crippen LogP contribution in [-0.2, 0) is 34.3 Å². The summed E-state index contributed by atoms with van der Waals surface area (Å²) in [6.45, 7) is 8.93. The summed E-state index contributed by atoms with van der Waals surface area (Å²) in [5, 5.41) is 14.3. The smallest absolute Gasteiger partial charge is 0.305 e. The first-order valence-electron chi connectivity index (χ1n) is 18.2. The third kappa shape index (κ3) is 6.69. The number of nitrogens with one attached hydrogen (secondary N) is 1. The molecule has 3 saturated heterocycles. The van der Waals surface area contributed by atoms with E-state index in [0.717, 1.165) is 29.5 Å². The lowest BCUT2D eigenvalue weighted by molar-refractivity contribution is -0.150. The number of fused-ring (bicyclic) bond motifs is 2. The van der Waals surface area contributed by atoms with Gasteiger partial charge in [0.05, 0.1) is 59.7 Å². The Morgan fingerprint density at radius 3 is 2.53 bits per heavy atom. The van der Waals surface area contributed by atoms with E-state index in [1.807, 2.05) is 30.3 Å². The van der Waals surface area contributed by atoms with E-state index in [-0.39, 0.29) is 67.2 Å². The molecule has 276 valence electrons. The van der Waals surface area contributed by atoms with E-state index in [1.165, 1.54) is 7.11 Å². The van der Waals surface area contributed by atoms with Gasteiger partial charge in [0, 0.05) is 49.8 Å². The Morgan fingerprint density at radius 2 is 1.84 bits per heavy atom. The normalized spacial score (nSPS) is 26.3. The number of benzene rings is 2. The summed E-state index contributed by atoms with van der Waals surface area (Å²) in [5.41, 5.74) is 0.613. The largest absolute Gasteiger partial charge is 0.497 e. The quantitative estimate of drug-likeness (QED) is 0.193. The number of hydrogen-bond donors (Lipinski definition) is 2. The number of amides is 3. The number of likely N-dealkylation sites (tertiary alicyclic amines) is 1. The lowest BCUT2D eigenvalue weighted by Gasteiger charge is -2.37. The Balaban J connectivity index is 1.43. The van der Waals surface area contributed by atoms with Crippen LogP contribution < -0.4 is 25.0 Å². The molecule has 3 amide bonds. The van der Waals surface area contributed by atoms with Crippen LogP contribution in [0.25, 0.3) is 0 Å². The molecule has 5 atom stereocenters. The topological polar surface area (TPSA) is 138 Å². The fourth-order valence-corrected chi connectivity index (χ4v) is 13.1. The molecule has 4 aliphatic heterocycles. The van der Waals surface area contributed by atoms with Crippen molar-refractivity contribution < 1.29 is 38.5 Å². The van der Waals surface area contributed by atoms with Gasteiger partial charge in [-0.1, -0.05) is 37.3 Å². The van der Waals surface area contributed by atoms with Crippen LogP contribution in [0.3, 0.4) is 0 Å². The Kier molecular flexibility index (Phi) is 10.9. The van der Waals surface area contributed by atoms with Gasteiger partial charge >= 0.3 is 5.97 Å². The summed E-state index contributed by atoms with van der Waals surface area (Å²) in [5.74, 6) is -0.161. The molecule has 0 aromatic heterocycles. The molecule has 13 heteroatoms. The molecule has 0 radical (unpaired) electrons. The third-order valence-electron chi connectivity index (χ3n) is 11.7. The number of carbonyl (C=O) groups is 4. The molecular formula is C38H52N4O8Si. The first kappa shape index (κ1) is 37.0. The highest BCUT2D eigenvalue weighted by Crippen LogP contribution is 2.60. The average molecular weight is 721 g/mol. The zero-order chi connectivity index (χ0) is 36.5. The van der Waals surface area contributed by atoms with Crippen LogP contribution in [0.15, 0.2) is 42.5 Å². The monoisotopic (exact) mass is 720 g/mol. The average Bonchev–Trinajstić information content (AvgIpc) is 3.80. The molecule has 2 aromatic rings. The lowest BCUT2D eigenvalue weighted by Crippen LogP contribution is -2.52. The molecule has 12 nitrogen and oxygen atoms in total. The van der Waals surface area contributed by atoms with E-state index < -0.39 is 19.8 Å². The lowest BCUT2D eigenvalue weighted by atomic mass is 9.82. The zero-order valence-corrected chi connectivity index (χ0v) is 31.5. The second-order valence-corrected chi connectivity index (χ2v) is 19.5. The van der Waals surface area contributed by atoms with Crippen molar-refractivity contribution in [2.45, 2.75) is 81.8 Å². The Bertz CT molecular complexity index is 1640. The van der Waals surface area contributed by atoms with Gasteiger partial charge in [-0.15, -0.1) is 0 Å². The number of hydrogen-bond acceptors (Lipinski definition) is 9. The molecule has 51 heavy (non-hydrogen) atoms. The van der Waals surface area contributed by atoms with Gasteiger partial charge < -0.3 is 39.3 Å². The molecule has 0 bridgehead atoms. The van der Waals surface area contributed by atoms with Gasteiger partial charge in [-0.05, 0) is 61.6 Å². The van der Waals surface area contributed by atoms with Crippen LogP contribution in [0.1, 0.15) is 51.0 Å². The summed E-state index contributed by atoms with van der Waals surface area (Å²) in [6, 6.07) is 13.6. The van der Waals surface area contributed by atoms with Crippen LogP contribution in [0, 0.1) is 5.92 Å². The Hall–Kier alpha value is -3.78. The molecule has 6 rings (SSSR count). The highest BCUT2D eigenvalue weighted by molar-refractivity contribution is 6.91. The summed E-state index contributed by atoms with van der Waals surface area (Å²) < 4.78 is 17.5. The second kappa shape index (κ2) is 15.1. The van der Waals surface area contributed by atoms with Gasteiger partial charge in [0.15, 0.2) is 5.60 Å². The minimum atomic E-state index is -2.51. The Labute approximate surface area is 301 Å². The van der Waals surface area contributed by atoms with Crippen molar-refractivity contribution in [1.82, 2.24) is 10.2 Å². The first-order chi connectivity index (χ1) is 24.5. The number of methoxy groups -OCH3 is 2. The van der Waals surface area contributed by atoms with Gasteiger partial charge in [-0.25, -0.2) is 0 Å². The predicted octanol–water partition coefficient (Wildman–Crippen LogP) is 2.91. The van der Waals surface area contributed by atoms with Gasteiger partial charge in [0.25, 0.3) is 5.91 Å². The number of piperazine rings is 1. The minimum absolute atomic E-state index is 0.0434. The number of aliphatic hydroxyl groups is 1. The molecule has 4 heterocycles. The molecule has 4 aliphatic rings. The number of ether oxygens (including phenoxy) is 3. The van der Waals surface area contributed by atoms with Crippen molar-refractivity contribution >= 4 is 48.3 Å². The summed E-state index contributed by atoms with van der Waals surface area (Å²) in [4.78, 5) is 59.4. The van der Waals surface area contributed by atoms with Crippen LogP contribution in [-0.4, -0.2) is 107 Å². The van der Waals surface area contributed by atoms with Gasteiger partial charge in [-0.3, -0.25) is 19.2 Å². The fourth-order valence-electron chi connectivity index (χ4n) is 9.06. The second-order valence-electron chi connectivity index (χ2n) is 14.8. The minimum Gasteiger partial charge on any atom is -0.497 e. The van der Waals surface area contributed by atoms with Crippen molar-refractivity contribution in [3.63, 3.8) is 0 Å². The maximum Gasteiger partial charge on any atom is 0.305 e.